The number of aromatic nitrogens is 1. The summed E-state index contributed by atoms with van der Waals surface area (Å²) in [5.74, 6) is 0.382. The van der Waals surface area contributed by atoms with Gasteiger partial charge in [0.1, 0.15) is 10.8 Å². The van der Waals surface area contributed by atoms with E-state index in [-0.39, 0.29) is 17.6 Å². The monoisotopic (exact) mass is 461 g/mol. The van der Waals surface area contributed by atoms with E-state index < -0.39 is 0 Å². The van der Waals surface area contributed by atoms with Crippen LogP contribution < -0.4 is 15.4 Å². The molecule has 0 saturated carbocycles. The molecule has 0 aliphatic carbocycles. The molecule has 32 heavy (non-hydrogen) atoms. The fraction of sp³-hybridized carbons (Fsp3) is 0.160. The summed E-state index contributed by atoms with van der Waals surface area (Å²) in [6, 6.07) is 19.9. The lowest BCUT2D eigenvalue weighted by Gasteiger charge is -2.14. The maximum Gasteiger partial charge on any atom is 0.264 e. The van der Waals surface area contributed by atoms with Crippen molar-refractivity contribution in [3.63, 3.8) is 0 Å². The van der Waals surface area contributed by atoms with E-state index in [1.807, 2.05) is 69.3 Å². The maximum atomic E-state index is 12.3. The van der Waals surface area contributed by atoms with Crippen molar-refractivity contribution in [3.8, 4) is 16.3 Å². The van der Waals surface area contributed by atoms with Crippen LogP contribution in [0, 0.1) is 20.8 Å². The van der Waals surface area contributed by atoms with Crippen molar-refractivity contribution in [2.24, 2.45) is 0 Å². The van der Waals surface area contributed by atoms with E-state index >= 15 is 0 Å². The van der Waals surface area contributed by atoms with Crippen LogP contribution in [0.4, 0.5) is 5.69 Å². The normalized spacial score (nSPS) is 10.7. The Morgan fingerprint density at radius 1 is 1.03 bits per heavy atom. The number of para-hydroxylation sites is 1. The number of thiazole rings is 1. The third-order valence-electron chi connectivity index (χ3n) is 5.18. The molecule has 0 radical (unpaired) electrons. The van der Waals surface area contributed by atoms with Gasteiger partial charge in [0.2, 0.25) is 0 Å². The van der Waals surface area contributed by atoms with Crippen LogP contribution in [0.15, 0.2) is 60.7 Å². The van der Waals surface area contributed by atoms with Crippen molar-refractivity contribution in [3.05, 3.63) is 77.4 Å². The minimum Gasteiger partial charge on any atom is -0.483 e. The molecule has 162 valence electrons. The van der Waals surface area contributed by atoms with E-state index in [2.05, 4.69) is 22.8 Å². The Morgan fingerprint density at radius 3 is 2.62 bits per heavy atom. The molecule has 3 aromatic carbocycles. The van der Waals surface area contributed by atoms with Crippen molar-refractivity contribution in [1.82, 2.24) is 10.3 Å². The minimum atomic E-state index is -0.313. The number of rotatable bonds is 5. The molecule has 1 aromatic heterocycles. The molecule has 0 atom stereocenters. The molecule has 0 unspecified atom stereocenters. The van der Waals surface area contributed by atoms with Gasteiger partial charge in [-0.2, -0.15) is 0 Å². The lowest BCUT2D eigenvalue weighted by Crippen LogP contribution is -2.37. The predicted octanol–water partition coefficient (Wildman–Crippen LogP) is 5.78. The summed E-state index contributed by atoms with van der Waals surface area (Å²) < 4.78 is 6.80. The number of anilines is 1. The van der Waals surface area contributed by atoms with Crippen molar-refractivity contribution in [2.45, 2.75) is 20.8 Å². The van der Waals surface area contributed by atoms with Crippen molar-refractivity contribution >= 4 is 50.5 Å². The average molecular weight is 462 g/mol. The number of hydrogen-bond acceptors (Lipinski definition) is 5. The second-order valence-electron chi connectivity index (χ2n) is 7.51. The fourth-order valence-electron chi connectivity index (χ4n) is 3.27. The Bertz CT molecular complexity index is 1280. The van der Waals surface area contributed by atoms with E-state index in [1.54, 1.807) is 11.3 Å². The molecule has 5 nitrogen and oxygen atoms in total. The highest BCUT2D eigenvalue weighted by molar-refractivity contribution is 7.80. The van der Waals surface area contributed by atoms with E-state index in [0.717, 1.165) is 43.2 Å². The summed E-state index contributed by atoms with van der Waals surface area (Å²) in [5, 5.41) is 6.97. The molecule has 1 heterocycles. The highest BCUT2D eigenvalue weighted by Gasteiger charge is 2.11. The molecule has 0 spiro atoms. The first kappa shape index (κ1) is 21.9. The molecular weight excluding hydrogens is 438 g/mol. The van der Waals surface area contributed by atoms with Crippen LogP contribution in [0.1, 0.15) is 16.7 Å². The number of fused-ring (bicyclic) bond motifs is 1. The second kappa shape index (κ2) is 9.46. The summed E-state index contributed by atoms with van der Waals surface area (Å²) in [6.45, 7) is 5.86. The van der Waals surface area contributed by atoms with Crippen LogP contribution in [-0.4, -0.2) is 22.6 Å². The number of thiocarbonyl (C=S) groups is 1. The summed E-state index contributed by atoms with van der Waals surface area (Å²) in [4.78, 5) is 17.0. The highest BCUT2D eigenvalue weighted by Crippen LogP contribution is 2.31. The average Bonchev–Trinajstić information content (AvgIpc) is 3.20. The van der Waals surface area contributed by atoms with Gasteiger partial charge in [0.25, 0.3) is 5.91 Å². The minimum absolute atomic E-state index is 0.109. The summed E-state index contributed by atoms with van der Waals surface area (Å²) in [7, 11) is 0. The number of hydrogen-bond donors (Lipinski definition) is 2. The molecule has 0 aliphatic heterocycles. The Hall–Kier alpha value is -3.29. The zero-order valence-electron chi connectivity index (χ0n) is 18.1. The van der Waals surface area contributed by atoms with E-state index in [9.17, 15) is 4.79 Å². The first-order valence-electron chi connectivity index (χ1n) is 10.2. The summed E-state index contributed by atoms with van der Waals surface area (Å²) >= 11 is 6.97. The largest absolute Gasteiger partial charge is 0.483 e. The number of carbonyl (C=O) groups is 1. The molecule has 2 N–H and O–H groups in total. The first-order valence-corrected chi connectivity index (χ1v) is 11.4. The van der Waals surface area contributed by atoms with Gasteiger partial charge in [0.05, 0.1) is 10.2 Å². The van der Waals surface area contributed by atoms with E-state index in [0.29, 0.717) is 5.75 Å². The van der Waals surface area contributed by atoms with Gasteiger partial charge in [-0.15, -0.1) is 11.3 Å². The van der Waals surface area contributed by atoms with Crippen LogP contribution in [0.25, 0.3) is 20.8 Å². The van der Waals surface area contributed by atoms with Gasteiger partial charge in [-0.05, 0) is 86.1 Å². The summed E-state index contributed by atoms with van der Waals surface area (Å²) in [6.07, 6.45) is 0. The molecule has 0 fully saturated rings. The standard InChI is InChI=1S/C25H23N3O2S2/c1-15-7-6-9-21(17(15)3)30-14-23(29)28-25(31)27-19-12-11-18(13-16(19)2)24-26-20-8-4-5-10-22(20)32-24/h4-13H,14H2,1-3H3,(H2,27,28,29,31). The SMILES string of the molecule is Cc1cc(-c2nc3ccccc3s2)ccc1NC(=S)NC(=O)COc1cccc(C)c1C. The van der Waals surface area contributed by atoms with Gasteiger partial charge in [-0.25, -0.2) is 4.98 Å². The van der Waals surface area contributed by atoms with Crippen LogP contribution in [0.3, 0.4) is 0 Å². The number of ether oxygens (including phenoxy) is 1. The predicted molar refractivity (Wildman–Crippen MR) is 136 cm³/mol. The van der Waals surface area contributed by atoms with Gasteiger partial charge in [0.15, 0.2) is 11.7 Å². The van der Waals surface area contributed by atoms with Crippen LogP contribution in [0.5, 0.6) is 5.75 Å². The highest BCUT2D eigenvalue weighted by atomic mass is 32.1. The van der Waals surface area contributed by atoms with Gasteiger partial charge in [-0.1, -0.05) is 24.3 Å². The van der Waals surface area contributed by atoms with Gasteiger partial charge >= 0.3 is 0 Å². The summed E-state index contributed by atoms with van der Waals surface area (Å²) in [5.41, 5.74) is 6.01. The lowest BCUT2D eigenvalue weighted by atomic mass is 10.1. The number of aryl methyl sites for hydroxylation is 2. The Morgan fingerprint density at radius 2 is 1.84 bits per heavy atom. The first-order chi connectivity index (χ1) is 15.4. The Kier molecular flexibility index (Phi) is 6.48. The molecule has 4 rings (SSSR count). The molecular formula is C25H23N3O2S2. The number of benzene rings is 3. The molecule has 4 aromatic rings. The molecule has 0 bridgehead atoms. The molecule has 0 saturated heterocycles. The third-order valence-corrected chi connectivity index (χ3v) is 6.47. The van der Waals surface area contributed by atoms with Gasteiger partial charge < -0.3 is 10.1 Å². The van der Waals surface area contributed by atoms with Crippen LogP contribution >= 0.6 is 23.6 Å². The van der Waals surface area contributed by atoms with Gasteiger partial charge in [0, 0.05) is 11.3 Å². The van der Waals surface area contributed by atoms with E-state index in [1.165, 1.54) is 0 Å². The van der Waals surface area contributed by atoms with Crippen molar-refractivity contribution in [1.29, 1.82) is 0 Å². The number of nitrogens with zero attached hydrogens (tertiary/aromatic N) is 1. The van der Waals surface area contributed by atoms with Crippen LogP contribution in [-0.2, 0) is 4.79 Å². The number of amides is 1. The topological polar surface area (TPSA) is 63.2 Å². The molecule has 0 aliphatic rings. The van der Waals surface area contributed by atoms with Crippen LogP contribution in [0.2, 0.25) is 0 Å². The Balaban J connectivity index is 1.36. The molecule has 1 amide bonds. The zero-order chi connectivity index (χ0) is 22.7. The van der Waals surface area contributed by atoms with Gasteiger partial charge in [-0.3, -0.25) is 10.1 Å². The van der Waals surface area contributed by atoms with E-state index in [4.69, 9.17) is 21.9 Å². The second-order valence-corrected chi connectivity index (χ2v) is 8.94. The Labute approximate surface area is 196 Å². The number of nitrogens with one attached hydrogen (secondary N) is 2. The van der Waals surface area contributed by atoms with Crippen molar-refractivity contribution < 1.29 is 9.53 Å². The number of carbonyl (C=O) groups excluding carboxylic acids is 1. The zero-order valence-corrected chi connectivity index (χ0v) is 19.7. The quantitative estimate of drug-likeness (QED) is 0.369. The maximum absolute atomic E-state index is 12.3. The fourth-order valence-corrected chi connectivity index (χ4v) is 4.46. The smallest absolute Gasteiger partial charge is 0.264 e. The molecule has 7 heteroatoms. The van der Waals surface area contributed by atoms with Crippen molar-refractivity contribution in [2.75, 3.05) is 11.9 Å². The third kappa shape index (κ3) is 4.95. The lowest BCUT2D eigenvalue weighted by molar-refractivity contribution is -0.121.